The third-order valence-electron chi connectivity index (χ3n) is 3.48. The molecule has 2 aromatic rings. The van der Waals surface area contributed by atoms with Gasteiger partial charge in [0.15, 0.2) is 0 Å². The third-order valence-corrected chi connectivity index (χ3v) is 3.48. The molecule has 0 aliphatic heterocycles. The number of nitrogens with zero attached hydrogens (tertiary/aromatic N) is 2. The van der Waals surface area contributed by atoms with Crippen molar-refractivity contribution >= 4 is 5.91 Å². The molecule has 0 fully saturated rings. The molecule has 1 aromatic heterocycles. The zero-order valence-electron chi connectivity index (χ0n) is 12.3. The van der Waals surface area contributed by atoms with Gasteiger partial charge in [0.25, 0.3) is 5.91 Å². The van der Waals surface area contributed by atoms with Crippen molar-refractivity contribution in [2.24, 2.45) is 0 Å². The number of amides is 1. The van der Waals surface area contributed by atoms with Crippen molar-refractivity contribution in [2.45, 2.75) is 39.8 Å². The van der Waals surface area contributed by atoms with Crippen molar-refractivity contribution < 1.29 is 4.79 Å². The molecule has 0 aliphatic rings. The average molecular weight is 271 g/mol. The molecule has 106 valence electrons. The van der Waals surface area contributed by atoms with Crippen LogP contribution >= 0.6 is 0 Å². The molecule has 1 heterocycles. The van der Waals surface area contributed by atoms with E-state index < -0.39 is 0 Å². The van der Waals surface area contributed by atoms with Gasteiger partial charge >= 0.3 is 0 Å². The normalized spacial score (nSPS) is 12.2. The van der Waals surface area contributed by atoms with Gasteiger partial charge in [0.05, 0.1) is 0 Å². The van der Waals surface area contributed by atoms with E-state index in [9.17, 15) is 4.79 Å². The number of hydrogen-bond acceptors (Lipinski definition) is 2. The molecule has 20 heavy (non-hydrogen) atoms. The van der Waals surface area contributed by atoms with Crippen LogP contribution in [0.15, 0.2) is 36.7 Å². The molecule has 4 heteroatoms. The van der Waals surface area contributed by atoms with E-state index in [2.05, 4.69) is 21.8 Å². The zero-order valence-corrected chi connectivity index (χ0v) is 12.3. The molecule has 0 radical (unpaired) electrons. The lowest BCUT2D eigenvalue weighted by Gasteiger charge is -2.11. The summed E-state index contributed by atoms with van der Waals surface area (Å²) in [4.78, 5) is 16.2. The summed E-state index contributed by atoms with van der Waals surface area (Å²) in [6.07, 6.45) is 4.69. The van der Waals surface area contributed by atoms with Crippen LogP contribution in [-0.2, 0) is 6.54 Å². The Labute approximate surface area is 119 Å². The molecule has 2 rings (SSSR count). The summed E-state index contributed by atoms with van der Waals surface area (Å²) in [7, 11) is 0. The average Bonchev–Trinajstić information content (AvgIpc) is 2.85. The van der Waals surface area contributed by atoms with Crippen LogP contribution in [0.1, 0.15) is 42.0 Å². The number of benzene rings is 1. The first-order valence-corrected chi connectivity index (χ1v) is 6.97. The molecule has 0 saturated heterocycles. The van der Waals surface area contributed by atoms with E-state index in [1.165, 1.54) is 0 Å². The first-order chi connectivity index (χ1) is 9.60. The minimum atomic E-state index is -0.00953. The van der Waals surface area contributed by atoms with Gasteiger partial charge in [-0.2, -0.15) is 0 Å². The highest BCUT2D eigenvalue weighted by Crippen LogP contribution is 2.08. The second kappa shape index (κ2) is 6.37. The van der Waals surface area contributed by atoms with Crippen LogP contribution in [0.3, 0.4) is 0 Å². The largest absolute Gasteiger partial charge is 0.350 e. The Bertz CT molecular complexity index is 572. The number of nitrogens with one attached hydrogen (secondary N) is 1. The van der Waals surface area contributed by atoms with E-state index in [4.69, 9.17) is 0 Å². The van der Waals surface area contributed by atoms with Gasteiger partial charge in [-0.05, 0) is 38.0 Å². The quantitative estimate of drug-likeness (QED) is 0.909. The summed E-state index contributed by atoms with van der Waals surface area (Å²) >= 11 is 0. The smallest absolute Gasteiger partial charge is 0.251 e. The molecule has 1 aromatic carbocycles. The Balaban J connectivity index is 2.03. The number of carbonyl (C=O) groups is 1. The molecule has 4 nitrogen and oxygen atoms in total. The first kappa shape index (κ1) is 14.3. The molecule has 0 aliphatic carbocycles. The number of aromatic nitrogens is 2. The minimum absolute atomic E-state index is 0.00953. The van der Waals surface area contributed by atoms with Crippen molar-refractivity contribution in [2.75, 3.05) is 0 Å². The van der Waals surface area contributed by atoms with Gasteiger partial charge < -0.3 is 9.88 Å². The fourth-order valence-electron chi connectivity index (χ4n) is 1.94. The SMILES string of the molecule is CC[C@H](C)NC(=O)c1ccc(Cn2ccnc2C)cc1. The van der Waals surface area contributed by atoms with Gasteiger partial charge in [0.1, 0.15) is 5.82 Å². The monoisotopic (exact) mass is 271 g/mol. The Morgan fingerprint density at radius 1 is 1.35 bits per heavy atom. The molecular weight excluding hydrogens is 250 g/mol. The highest BCUT2D eigenvalue weighted by atomic mass is 16.1. The van der Waals surface area contributed by atoms with Crippen LogP contribution < -0.4 is 5.32 Å². The Morgan fingerprint density at radius 2 is 2.05 bits per heavy atom. The Morgan fingerprint density at radius 3 is 2.60 bits per heavy atom. The van der Waals surface area contributed by atoms with Crippen molar-refractivity contribution in [1.82, 2.24) is 14.9 Å². The second-order valence-corrected chi connectivity index (χ2v) is 5.08. The predicted molar refractivity (Wildman–Crippen MR) is 79.7 cm³/mol. The fourth-order valence-corrected chi connectivity index (χ4v) is 1.94. The minimum Gasteiger partial charge on any atom is -0.350 e. The number of imidazole rings is 1. The molecule has 0 unspecified atom stereocenters. The molecule has 1 amide bonds. The van der Waals surface area contributed by atoms with Gasteiger partial charge in [-0.25, -0.2) is 4.98 Å². The van der Waals surface area contributed by atoms with E-state index in [1.807, 2.05) is 44.3 Å². The van der Waals surface area contributed by atoms with Crippen LogP contribution in [0.2, 0.25) is 0 Å². The van der Waals surface area contributed by atoms with Gasteiger partial charge in [-0.15, -0.1) is 0 Å². The molecule has 1 N–H and O–H groups in total. The van der Waals surface area contributed by atoms with Gasteiger partial charge in [0.2, 0.25) is 0 Å². The van der Waals surface area contributed by atoms with Gasteiger partial charge in [0, 0.05) is 30.5 Å². The predicted octanol–water partition coefficient (Wildman–Crippen LogP) is 2.77. The van der Waals surface area contributed by atoms with Crippen molar-refractivity contribution in [3.63, 3.8) is 0 Å². The summed E-state index contributed by atoms with van der Waals surface area (Å²) in [6.45, 7) is 6.82. The first-order valence-electron chi connectivity index (χ1n) is 6.97. The zero-order chi connectivity index (χ0) is 14.5. The van der Waals surface area contributed by atoms with E-state index in [1.54, 1.807) is 6.20 Å². The number of carbonyl (C=O) groups excluding carboxylic acids is 1. The number of aryl methyl sites for hydroxylation is 1. The van der Waals surface area contributed by atoms with E-state index in [0.717, 1.165) is 24.4 Å². The lowest BCUT2D eigenvalue weighted by molar-refractivity contribution is 0.0939. The van der Waals surface area contributed by atoms with Crippen molar-refractivity contribution in [3.05, 3.63) is 53.6 Å². The third kappa shape index (κ3) is 3.47. The topological polar surface area (TPSA) is 46.9 Å². The molecule has 0 spiro atoms. The maximum atomic E-state index is 12.0. The Hall–Kier alpha value is -2.10. The van der Waals surface area contributed by atoms with Crippen LogP contribution in [0.4, 0.5) is 0 Å². The highest BCUT2D eigenvalue weighted by Gasteiger charge is 2.08. The maximum absolute atomic E-state index is 12.0. The van der Waals surface area contributed by atoms with Gasteiger partial charge in [-0.1, -0.05) is 19.1 Å². The van der Waals surface area contributed by atoms with Gasteiger partial charge in [-0.3, -0.25) is 4.79 Å². The number of hydrogen-bond donors (Lipinski definition) is 1. The fraction of sp³-hybridized carbons (Fsp3) is 0.375. The highest BCUT2D eigenvalue weighted by molar-refractivity contribution is 5.94. The van der Waals surface area contributed by atoms with Crippen LogP contribution in [-0.4, -0.2) is 21.5 Å². The van der Waals surface area contributed by atoms with E-state index in [0.29, 0.717) is 5.56 Å². The lowest BCUT2D eigenvalue weighted by Crippen LogP contribution is -2.31. The van der Waals surface area contributed by atoms with Crippen molar-refractivity contribution in [1.29, 1.82) is 0 Å². The van der Waals surface area contributed by atoms with Crippen LogP contribution in [0, 0.1) is 6.92 Å². The standard InChI is InChI=1S/C16H21N3O/c1-4-12(2)18-16(20)15-7-5-14(6-8-15)11-19-10-9-17-13(19)3/h5-10,12H,4,11H2,1-3H3,(H,18,20)/t12-/m0/s1. The summed E-state index contributed by atoms with van der Waals surface area (Å²) < 4.78 is 2.08. The Kier molecular flexibility index (Phi) is 4.56. The van der Waals surface area contributed by atoms with Crippen LogP contribution in [0.5, 0.6) is 0 Å². The molecule has 0 bridgehead atoms. The molecular formula is C16H21N3O. The summed E-state index contributed by atoms with van der Waals surface area (Å²) in [6, 6.07) is 7.94. The van der Waals surface area contributed by atoms with E-state index >= 15 is 0 Å². The lowest BCUT2D eigenvalue weighted by atomic mass is 10.1. The molecule has 1 atom stereocenters. The second-order valence-electron chi connectivity index (χ2n) is 5.08. The van der Waals surface area contributed by atoms with Crippen LogP contribution in [0.25, 0.3) is 0 Å². The molecule has 0 saturated carbocycles. The summed E-state index contributed by atoms with van der Waals surface area (Å²) in [5.41, 5.74) is 1.86. The number of rotatable bonds is 5. The summed E-state index contributed by atoms with van der Waals surface area (Å²) in [5.74, 6) is 0.980. The summed E-state index contributed by atoms with van der Waals surface area (Å²) in [5, 5.41) is 2.97. The maximum Gasteiger partial charge on any atom is 0.251 e. The van der Waals surface area contributed by atoms with E-state index in [-0.39, 0.29) is 11.9 Å². The van der Waals surface area contributed by atoms with Crippen molar-refractivity contribution in [3.8, 4) is 0 Å².